The van der Waals surface area contributed by atoms with E-state index in [1.807, 2.05) is 18.0 Å². The minimum atomic E-state index is 0.497. The van der Waals surface area contributed by atoms with Crippen molar-refractivity contribution in [2.45, 2.75) is 31.1 Å². The number of piperidine rings is 1. The molecule has 0 aliphatic carbocycles. The Kier molecular flexibility index (Phi) is 3.20. The Morgan fingerprint density at radius 2 is 2.38 bits per heavy atom. The Bertz CT molecular complexity index is 341. The van der Waals surface area contributed by atoms with E-state index in [0.717, 1.165) is 19.0 Å². The maximum atomic E-state index is 5.66. The van der Waals surface area contributed by atoms with Gasteiger partial charge in [0, 0.05) is 24.1 Å². The van der Waals surface area contributed by atoms with Crippen LogP contribution in [0.2, 0.25) is 0 Å². The van der Waals surface area contributed by atoms with E-state index in [0.29, 0.717) is 11.8 Å². The number of hydrogen-bond donors (Lipinski definition) is 1. The first-order chi connectivity index (χ1) is 7.93. The summed E-state index contributed by atoms with van der Waals surface area (Å²) in [7, 11) is 0. The van der Waals surface area contributed by atoms with Crippen LogP contribution in [0.4, 0.5) is 0 Å². The molecular weight excluding hydrogens is 220 g/mol. The third-order valence-corrected chi connectivity index (χ3v) is 4.70. The molecule has 2 saturated heterocycles. The molecule has 0 radical (unpaired) electrons. The monoisotopic (exact) mass is 238 g/mol. The van der Waals surface area contributed by atoms with Gasteiger partial charge in [0.1, 0.15) is 6.26 Å². The molecule has 3 nitrogen and oxygen atoms in total. The average Bonchev–Trinajstić information content (AvgIpc) is 3.01. The van der Waals surface area contributed by atoms with Gasteiger partial charge in [-0.15, -0.1) is 0 Å². The molecule has 1 N–H and O–H groups in total. The van der Waals surface area contributed by atoms with E-state index in [-0.39, 0.29) is 0 Å². The molecule has 3 heterocycles. The molecule has 4 heteroatoms. The number of nitrogens with one attached hydrogen (secondary N) is 1. The van der Waals surface area contributed by atoms with Gasteiger partial charge in [-0.1, -0.05) is 0 Å². The van der Waals surface area contributed by atoms with Crippen LogP contribution in [0.5, 0.6) is 0 Å². The predicted octanol–water partition coefficient (Wildman–Crippen LogP) is 2.36. The SMILES string of the molecule is c1oc(C2CCCNC2)nc1C1CCSC1. The van der Waals surface area contributed by atoms with E-state index >= 15 is 0 Å². The van der Waals surface area contributed by atoms with Crippen molar-refractivity contribution in [1.82, 2.24) is 10.3 Å². The molecule has 0 bridgehead atoms. The lowest BCUT2D eigenvalue weighted by atomic mass is 10.00. The Hall–Kier alpha value is -0.480. The topological polar surface area (TPSA) is 38.1 Å². The van der Waals surface area contributed by atoms with Gasteiger partial charge in [-0.05, 0) is 31.6 Å². The van der Waals surface area contributed by atoms with Crippen LogP contribution in [0, 0.1) is 0 Å². The zero-order chi connectivity index (χ0) is 10.8. The summed E-state index contributed by atoms with van der Waals surface area (Å²) in [5, 5.41) is 3.41. The lowest BCUT2D eigenvalue weighted by molar-refractivity contribution is 0.376. The van der Waals surface area contributed by atoms with Gasteiger partial charge >= 0.3 is 0 Å². The van der Waals surface area contributed by atoms with E-state index < -0.39 is 0 Å². The molecule has 0 spiro atoms. The van der Waals surface area contributed by atoms with Gasteiger partial charge in [-0.3, -0.25) is 0 Å². The zero-order valence-electron chi connectivity index (χ0n) is 9.45. The highest BCUT2D eigenvalue weighted by atomic mass is 32.2. The zero-order valence-corrected chi connectivity index (χ0v) is 10.3. The molecule has 1 aromatic heterocycles. The maximum absolute atomic E-state index is 5.66. The largest absolute Gasteiger partial charge is 0.448 e. The number of oxazole rings is 1. The van der Waals surface area contributed by atoms with E-state index in [1.54, 1.807) is 0 Å². The van der Waals surface area contributed by atoms with E-state index in [2.05, 4.69) is 5.32 Å². The summed E-state index contributed by atoms with van der Waals surface area (Å²) in [4.78, 5) is 4.70. The lowest BCUT2D eigenvalue weighted by Gasteiger charge is -2.19. The summed E-state index contributed by atoms with van der Waals surface area (Å²) < 4.78 is 5.66. The highest BCUT2D eigenvalue weighted by Crippen LogP contribution is 2.33. The Morgan fingerprint density at radius 1 is 1.38 bits per heavy atom. The summed E-state index contributed by atoms with van der Waals surface area (Å²) in [5.74, 6) is 4.59. The van der Waals surface area contributed by atoms with Crippen molar-refractivity contribution >= 4 is 11.8 Å². The Morgan fingerprint density at radius 3 is 3.12 bits per heavy atom. The van der Waals surface area contributed by atoms with Gasteiger partial charge in [-0.2, -0.15) is 11.8 Å². The minimum absolute atomic E-state index is 0.497. The van der Waals surface area contributed by atoms with Crippen LogP contribution in [0.1, 0.15) is 42.7 Å². The summed E-state index contributed by atoms with van der Waals surface area (Å²) in [6.45, 7) is 2.17. The molecular formula is C12H18N2OS. The van der Waals surface area contributed by atoms with Gasteiger partial charge in [0.25, 0.3) is 0 Å². The van der Waals surface area contributed by atoms with Gasteiger partial charge in [0.05, 0.1) is 5.69 Å². The molecule has 1 aromatic rings. The smallest absolute Gasteiger partial charge is 0.198 e. The summed E-state index contributed by atoms with van der Waals surface area (Å²) >= 11 is 2.03. The molecule has 2 unspecified atom stereocenters. The highest BCUT2D eigenvalue weighted by molar-refractivity contribution is 7.99. The second kappa shape index (κ2) is 4.80. The van der Waals surface area contributed by atoms with Crippen molar-refractivity contribution in [2.75, 3.05) is 24.6 Å². The normalized spacial score (nSPS) is 30.8. The quantitative estimate of drug-likeness (QED) is 0.858. The van der Waals surface area contributed by atoms with Crippen LogP contribution in [0.3, 0.4) is 0 Å². The molecule has 0 amide bonds. The Labute approximate surface area is 100 Å². The molecule has 0 saturated carbocycles. The molecule has 2 aliphatic heterocycles. The summed E-state index contributed by atoms with van der Waals surface area (Å²) in [5.41, 5.74) is 1.19. The number of thioether (sulfide) groups is 1. The number of hydrogen-bond acceptors (Lipinski definition) is 4. The van der Waals surface area contributed by atoms with Crippen molar-refractivity contribution in [1.29, 1.82) is 0 Å². The van der Waals surface area contributed by atoms with Crippen molar-refractivity contribution in [3.63, 3.8) is 0 Å². The van der Waals surface area contributed by atoms with Crippen LogP contribution in [-0.2, 0) is 0 Å². The van der Waals surface area contributed by atoms with Gasteiger partial charge in [0.2, 0.25) is 0 Å². The predicted molar refractivity (Wildman–Crippen MR) is 66.0 cm³/mol. The van der Waals surface area contributed by atoms with Crippen molar-refractivity contribution in [3.8, 4) is 0 Å². The first-order valence-electron chi connectivity index (χ1n) is 6.17. The first kappa shape index (κ1) is 10.7. The summed E-state index contributed by atoms with van der Waals surface area (Å²) in [6, 6.07) is 0. The standard InChI is InChI=1S/C12H18N2OS/c1-2-9(6-13-4-1)12-14-11(7-15-12)10-3-5-16-8-10/h7,9-10,13H,1-6,8H2. The van der Waals surface area contributed by atoms with Crippen molar-refractivity contribution in [2.24, 2.45) is 0 Å². The van der Waals surface area contributed by atoms with Gasteiger partial charge < -0.3 is 9.73 Å². The van der Waals surface area contributed by atoms with Crippen LogP contribution >= 0.6 is 11.8 Å². The van der Waals surface area contributed by atoms with Crippen LogP contribution < -0.4 is 5.32 Å². The van der Waals surface area contributed by atoms with Crippen LogP contribution in [-0.4, -0.2) is 29.6 Å². The average molecular weight is 238 g/mol. The van der Waals surface area contributed by atoms with E-state index in [9.17, 15) is 0 Å². The molecule has 16 heavy (non-hydrogen) atoms. The maximum Gasteiger partial charge on any atom is 0.198 e. The molecule has 0 aromatic carbocycles. The second-order valence-corrected chi connectivity index (χ2v) is 5.86. The van der Waals surface area contributed by atoms with Crippen molar-refractivity contribution in [3.05, 3.63) is 17.8 Å². The highest BCUT2D eigenvalue weighted by Gasteiger charge is 2.24. The minimum Gasteiger partial charge on any atom is -0.448 e. The molecule has 3 rings (SSSR count). The molecule has 2 aliphatic rings. The number of rotatable bonds is 2. The van der Waals surface area contributed by atoms with Crippen LogP contribution in [0.25, 0.3) is 0 Å². The summed E-state index contributed by atoms with van der Waals surface area (Å²) in [6.07, 6.45) is 5.61. The first-order valence-corrected chi connectivity index (χ1v) is 7.33. The second-order valence-electron chi connectivity index (χ2n) is 4.71. The van der Waals surface area contributed by atoms with Gasteiger partial charge in [0.15, 0.2) is 5.89 Å². The van der Waals surface area contributed by atoms with E-state index in [1.165, 1.54) is 36.5 Å². The molecule has 2 atom stereocenters. The van der Waals surface area contributed by atoms with Crippen LogP contribution in [0.15, 0.2) is 10.7 Å². The lowest BCUT2D eigenvalue weighted by Crippen LogP contribution is -2.28. The van der Waals surface area contributed by atoms with E-state index in [4.69, 9.17) is 9.40 Å². The number of nitrogens with zero attached hydrogens (tertiary/aromatic N) is 1. The molecule has 2 fully saturated rings. The third-order valence-electron chi connectivity index (χ3n) is 3.53. The van der Waals surface area contributed by atoms with Gasteiger partial charge in [-0.25, -0.2) is 4.98 Å². The Balaban J connectivity index is 1.71. The van der Waals surface area contributed by atoms with Crippen molar-refractivity contribution < 1.29 is 4.42 Å². The fourth-order valence-corrected chi connectivity index (χ4v) is 3.75. The molecule has 88 valence electrons. The number of aromatic nitrogens is 1. The fraction of sp³-hybridized carbons (Fsp3) is 0.750. The fourth-order valence-electron chi connectivity index (χ4n) is 2.51. The third kappa shape index (κ3) is 2.13.